The molecule has 1 saturated heterocycles. The van der Waals surface area contributed by atoms with Crippen LogP contribution < -0.4 is 4.90 Å². The molecule has 158 valence electrons. The van der Waals surface area contributed by atoms with Gasteiger partial charge in [-0.05, 0) is 57.2 Å². The first-order chi connectivity index (χ1) is 14.4. The predicted molar refractivity (Wildman–Crippen MR) is 120 cm³/mol. The van der Waals surface area contributed by atoms with Crippen LogP contribution in [0.1, 0.15) is 47.5 Å². The van der Waals surface area contributed by atoms with E-state index in [1.54, 1.807) is 0 Å². The number of carbonyl (C=O) groups is 1. The molecule has 6 nitrogen and oxygen atoms in total. The van der Waals surface area contributed by atoms with Gasteiger partial charge in [-0.3, -0.25) is 4.79 Å². The Bertz CT molecular complexity index is 1060. The summed E-state index contributed by atoms with van der Waals surface area (Å²) < 4.78 is 1.89. The van der Waals surface area contributed by atoms with E-state index in [-0.39, 0.29) is 5.91 Å². The van der Waals surface area contributed by atoms with Crippen molar-refractivity contribution in [1.82, 2.24) is 19.5 Å². The minimum absolute atomic E-state index is 0.154. The molecule has 2 aromatic heterocycles. The van der Waals surface area contributed by atoms with Crippen molar-refractivity contribution in [2.75, 3.05) is 25.0 Å². The second-order valence-corrected chi connectivity index (χ2v) is 8.39. The quantitative estimate of drug-likeness (QED) is 0.625. The Hall–Kier alpha value is -2.89. The SMILES string of the molecule is Cc1cc2nc(C)c(CCC(=O)N(C)Cc3ccccc3N3CCCC3)c(C)n2n1. The van der Waals surface area contributed by atoms with Gasteiger partial charge in [-0.1, -0.05) is 18.2 Å². The highest BCUT2D eigenvalue weighted by molar-refractivity contribution is 5.76. The topological polar surface area (TPSA) is 53.7 Å². The maximum Gasteiger partial charge on any atom is 0.222 e. The number of rotatable bonds is 6. The van der Waals surface area contributed by atoms with Crippen LogP contribution in [0.3, 0.4) is 0 Å². The van der Waals surface area contributed by atoms with Crippen molar-refractivity contribution in [2.24, 2.45) is 0 Å². The molecule has 1 aromatic carbocycles. The van der Waals surface area contributed by atoms with Crippen LogP contribution in [0.4, 0.5) is 5.69 Å². The maximum atomic E-state index is 12.9. The number of carbonyl (C=O) groups excluding carboxylic acids is 1. The summed E-state index contributed by atoms with van der Waals surface area (Å²) in [4.78, 5) is 21.9. The fraction of sp³-hybridized carbons (Fsp3) is 0.458. The molecule has 0 aliphatic carbocycles. The molecule has 1 aliphatic heterocycles. The molecule has 0 spiro atoms. The summed E-state index contributed by atoms with van der Waals surface area (Å²) in [6.45, 7) is 8.90. The lowest BCUT2D eigenvalue weighted by Crippen LogP contribution is -2.28. The average molecular weight is 406 g/mol. The Morgan fingerprint density at radius 3 is 2.63 bits per heavy atom. The van der Waals surface area contributed by atoms with E-state index in [0.29, 0.717) is 19.4 Å². The molecule has 0 saturated carbocycles. The van der Waals surface area contributed by atoms with Gasteiger partial charge in [0.25, 0.3) is 0 Å². The molecule has 0 radical (unpaired) electrons. The van der Waals surface area contributed by atoms with Gasteiger partial charge in [0.1, 0.15) is 0 Å². The summed E-state index contributed by atoms with van der Waals surface area (Å²) in [5.74, 6) is 0.154. The van der Waals surface area contributed by atoms with Crippen LogP contribution in [0.5, 0.6) is 0 Å². The summed E-state index contributed by atoms with van der Waals surface area (Å²) >= 11 is 0. The smallest absolute Gasteiger partial charge is 0.222 e. The molecule has 1 aliphatic rings. The normalized spacial score (nSPS) is 13.9. The molecular formula is C24H31N5O. The van der Waals surface area contributed by atoms with Crippen LogP contribution >= 0.6 is 0 Å². The second-order valence-electron chi connectivity index (χ2n) is 8.39. The Morgan fingerprint density at radius 1 is 1.13 bits per heavy atom. The van der Waals surface area contributed by atoms with Gasteiger partial charge >= 0.3 is 0 Å². The average Bonchev–Trinajstić information content (AvgIpc) is 3.37. The first-order valence-corrected chi connectivity index (χ1v) is 10.8. The lowest BCUT2D eigenvalue weighted by Gasteiger charge is -2.24. The van der Waals surface area contributed by atoms with Crippen molar-refractivity contribution < 1.29 is 4.79 Å². The molecule has 1 fully saturated rings. The van der Waals surface area contributed by atoms with E-state index in [1.165, 1.54) is 24.1 Å². The van der Waals surface area contributed by atoms with Crippen LogP contribution in [0.2, 0.25) is 0 Å². The van der Waals surface area contributed by atoms with Crippen LogP contribution in [-0.2, 0) is 17.8 Å². The molecular weight excluding hydrogens is 374 g/mol. The molecule has 0 unspecified atom stereocenters. The van der Waals surface area contributed by atoms with Gasteiger partial charge in [0.15, 0.2) is 5.65 Å². The van der Waals surface area contributed by atoms with E-state index in [4.69, 9.17) is 0 Å². The van der Waals surface area contributed by atoms with Gasteiger partial charge in [-0.2, -0.15) is 5.10 Å². The summed E-state index contributed by atoms with van der Waals surface area (Å²) in [6, 6.07) is 10.5. The number of hydrogen-bond acceptors (Lipinski definition) is 4. The molecule has 1 amide bonds. The molecule has 4 rings (SSSR count). The molecule has 6 heteroatoms. The van der Waals surface area contributed by atoms with E-state index in [1.807, 2.05) is 36.4 Å². The minimum Gasteiger partial charge on any atom is -0.371 e. The number of para-hydroxylation sites is 1. The zero-order valence-corrected chi connectivity index (χ0v) is 18.5. The summed E-state index contributed by atoms with van der Waals surface area (Å²) in [5, 5.41) is 4.53. The lowest BCUT2D eigenvalue weighted by atomic mass is 10.1. The largest absolute Gasteiger partial charge is 0.371 e. The summed E-state index contributed by atoms with van der Waals surface area (Å²) in [6.07, 6.45) is 3.64. The van der Waals surface area contributed by atoms with Gasteiger partial charge in [0.05, 0.1) is 5.69 Å². The molecule has 0 atom stereocenters. The molecule has 3 aromatic rings. The number of fused-ring (bicyclic) bond motifs is 1. The zero-order chi connectivity index (χ0) is 21.3. The van der Waals surface area contributed by atoms with Crippen molar-refractivity contribution in [3.05, 3.63) is 58.5 Å². The molecule has 0 bridgehead atoms. The molecule has 3 heterocycles. The number of benzene rings is 1. The first-order valence-electron chi connectivity index (χ1n) is 10.8. The third kappa shape index (κ3) is 4.04. The Morgan fingerprint density at radius 2 is 1.87 bits per heavy atom. The van der Waals surface area contributed by atoms with E-state index < -0.39 is 0 Å². The van der Waals surface area contributed by atoms with Crippen LogP contribution in [0.25, 0.3) is 5.65 Å². The summed E-state index contributed by atoms with van der Waals surface area (Å²) in [7, 11) is 1.90. The van der Waals surface area contributed by atoms with Crippen LogP contribution in [-0.4, -0.2) is 45.5 Å². The third-order valence-corrected chi connectivity index (χ3v) is 6.15. The standard InChI is InChI=1S/C24H31N5O/c1-17-15-23-25-18(2)21(19(3)29(23)26-17)11-12-24(30)27(4)16-20-9-5-6-10-22(20)28-13-7-8-14-28/h5-6,9-10,15H,7-8,11-14,16H2,1-4H3. The first kappa shape index (κ1) is 20.4. The zero-order valence-electron chi connectivity index (χ0n) is 18.5. The number of amides is 1. The molecule has 30 heavy (non-hydrogen) atoms. The van der Waals surface area contributed by atoms with Gasteiger partial charge in [0.2, 0.25) is 5.91 Å². The van der Waals surface area contributed by atoms with Crippen molar-refractivity contribution in [3.8, 4) is 0 Å². The number of aromatic nitrogens is 3. The number of hydrogen-bond donors (Lipinski definition) is 0. The fourth-order valence-corrected chi connectivity index (χ4v) is 4.48. The third-order valence-electron chi connectivity index (χ3n) is 6.15. The Balaban J connectivity index is 1.44. The highest BCUT2D eigenvalue weighted by Gasteiger charge is 2.18. The molecule has 0 N–H and O–H groups in total. The highest BCUT2D eigenvalue weighted by atomic mass is 16.2. The Kier molecular flexibility index (Phi) is 5.75. The van der Waals surface area contributed by atoms with Crippen LogP contribution in [0, 0.1) is 20.8 Å². The van der Waals surface area contributed by atoms with Crippen molar-refractivity contribution in [2.45, 2.75) is 53.0 Å². The predicted octanol–water partition coefficient (Wildman–Crippen LogP) is 3.85. The van der Waals surface area contributed by atoms with Gasteiger partial charge < -0.3 is 9.80 Å². The highest BCUT2D eigenvalue weighted by Crippen LogP contribution is 2.25. The summed E-state index contributed by atoms with van der Waals surface area (Å²) in [5.41, 5.74) is 7.48. The van der Waals surface area contributed by atoms with E-state index >= 15 is 0 Å². The van der Waals surface area contributed by atoms with Crippen molar-refractivity contribution in [3.63, 3.8) is 0 Å². The van der Waals surface area contributed by atoms with Gasteiger partial charge in [0, 0.05) is 56.2 Å². The van der Waals surface area contributed by atoms with Gasteiger partial charge in [-0.15, -0.1) is 0 Å². The lowest BCUT2D eigenvalue weighted by molar-refractivity contribution is -0.130. The van der Waals surface area contributed by atoms with Crippen molar-refractivity contribution >= 4 is 17.2 Å². The number of nitrogens with zero attached hydrogens (tertiary/aromatic N) is 5. The minimum atomic E-state index is 0.154. The van der Waals surface area contributed by atoms with Gasteiger partial charge in [-0.25, -0.2) is 9.50 Å². The van der Waals surface area contributed by atoms with E-state index in [0.717, 1.165) is 41.4 Å². The van der Waals surface area contributed by atoms with Crippen LogP contribution in [0.15, 0.2) is 30.3 Å². The second kappa shape index (κ2) is 8.46. The Labute approximate surface area is 178 Å². The monoisotopic (exact) mass is 405 g/mol. The van der Waals surface area contributed by atoms with Crippen molar-refractivity contribution in [1.29, 1.82) is 0 Å². The maximum absolute atomic E-state index is 12.9. The van der Waals surface area contributed by atoms with E-state index in [2.05, 4.69) is 46.2 Å². The number of anilines is 1. The fourth-order valence-electron chi connectivity index (χ4n) is 4.48. The van der Waals surface area contributed by atoms with E-state index in [9.17, 15) is 4.79 Å². The number of aryl methyl sites for hydroxylation is 3.